The van der Waals surface area contributed by atoms with Crippen molar-refractivity contribution in [2.45, 2.75) is 19.3 Å². The summed E-state index contributed by atoms with van der Waals surface area (Å²) in [4.78, 5) is 3.39. The summed E-state index contributed by atoms with van der Waals surface area (Å²) < 4.78 is 4.81. The van der Waals surface area contributed by atoms with Crippen molar-refractivity contribution in [1.29, 1.82) is 0 Å². The van der Waals surface area contributed by atoms with Gasteiger partial charge in [0.15, 0.2) is 0 Å². The molecule has 0 aromatic heterocycles. The number of hydrogen-bond donors (Lipinski definition) is 2. The van der Waals surface area contributed by atoms with E-state index >= 15 is 0 Å². The summed E-state index contributed by atoms with van der Waals surface area (Å²) in [6.07, 6.45) is 0.546. The van der Waals surface area contributed by atoms with Gasteiger partial charge in [-0.25, -0.2) is 0 Å². The number of nitrogens with zero attached hydrogens (tertiary/aromatic N) is 3. The Labute approximate surface area is 115 Å². The van der Waals surface area contributed by atoms with Crippen LogP contribution in [0.4, 0.5) is 11.4 Å². The van der Waals surface area contributed by atoms with Crippen molar-refractivity contribution in [3.63, 3.8) is 0 Å². The maximum Gasteiger partial charge on any atom is 0.325 e. The fraction of sp³-hybridized carbons (Fsp3) is 0.455. The Morgan fingerprint density at radius 1 is 1.45 bits per heavy atom. The van der Waals surface area contributed by atoms with Crippen LogP contribution < -0.4 is 15.7 Å². The van der Waals surface area contributed by atoms with E-state index in [9.17, 15) is 15.6 Å². The molecule has 0 fully saturated rings. The summed E-state index contributed by atoms with van der Waals surface area (Å²) in [5.74, 6) is -2.39. The number of anilines is 1. The second kappa shape index (κ2) is 5.24. The average molecular weight is 285 g/mol. The van der Waals surface area contributed by atoms with E-state index in [1.807, 2.05) is 0 Å². The van der Waals surface area contributed by atoms with Crippen LogP contribution >= 0.6 is 0 Å². The van der Waals surface area contributed by atoms with E-state index in [4.69, 9.17) is 15.3 Å². The first-order valence-electron chi connectivity index (χ1n) is 6.07. The van der Waals surface area contributed by atoms with Gasteiger partial charge in [-0.05, 0) is 12.5 Å². The highest BCUT2D eigenvalue weighted by molar-refractivity contribution is 5.71. The molecule has 20 heavy (non-hydrogen) atoms. The van der Waals surface area contributed by atoms with Crippen molar-refractivity contribution in [1.82, 2.24) is 10.1 Å². The Balaban J connectivity index is 2.58. The lowest BCUT2D eigenvalue weighted by Gasteiger charge is -2.57. The Morgan fingerprint density at radius 2 is 2.10 bits per heavy atom. The molecule has 0 saturated carbocycles. The van der Waals surface area contributed by atoms with Crippen molar-refractivity contribution in [2.75, 3.05) is 18.8 Å². The maximum atomic E-state index is 12.8. The minimum absolute atomic E-state index is 0.00199. The zero-order chi connectivity index (χ0) is 15.0. The van der Waals surface area contributed by atoms with Crippen LogP contribution in [-0.4, -0.2) is 30.1 Å². The third-order valence-electron chi connectivity index (χ3n) is 3.00. The van der Waals surface area contributed by atoms with Gasteiger partial charge in [0, 0.05) is 13.2 Å². The molecule has 2 atom stereocenters. The maximum absolute atomic E-state index is 12.8. The quantitative estimate of drug-likeness (QED) is 0.477. The van der Waals surface area contributed by atoms with Crippen molar-refractivity contribution < 1.29 is 14.8 Å². The van der Waals surface area contributed by atoms with Crippen LogP contribution in [0.1, 0.15) is 13.3 Å². The molecule has 2 unspecified atom stereocenters. The standard InChI is InChI=1S/C11H17N4O5/c1-3-8-20-15(18)10-7-5-4-6-9(10)13(16)11(12,19-2)14(15)17/h4-7,17H,3,8,12H2,1-2H3/q-1. The molecule has 0 radical (unpaired) electrons. The van der Waals surface area contributed by atoms with E-state index in [-0.39, 0.29) is 28.2 Å². The number of methoxy groups -OCH3 is 1. The van der Waals surface area contributed by atoms with E-state index in [1.54, 1.807) is 19.1 Å². The molecule has 112 valence electrons. The molecule has 1 aliphatic heterocycles. The molecule has 1 heterocycles. The molecule has 9 heteroatoms. The largest absolute Gasteiger partial charge is 0.754 e. The number of hydroxylamine groups is 2. The van der Waals surface area contributed by atoms with Gasteiger partial charge in [0.1, 0.15) is 6.61 Å². The molecular weight excluding hydrogens is 268 g/mol. The number of fused-ring (bicyclic) bond motifs is 1. The third kappa shape index (κ3) is 1.97. The predicted molar refractivity (Wildman–Crippen MR) is 71.2 cm³/mol. The lowest BCUT2D eigenvalue weighted by atomic mass is 10.2. The van der Waals surface area contributed by atoms with Gasteiger partial charge in [-0.1, -0.05) is 24.0 Å². The molecule has 1 aromatic carbocycles. The van der Waals surface area contributed by atoms with Gasteiger partial charge in [0.25, 0.3) is 0 Å². The van der Waals surface area contributed by atoms with Crippen LogP contribution in [0.3, 0.4) is 0 Å². The van der Waals surface area contributed by atoms with Gasteiger partial charge >= 0.3 is 5.97 Å². The normalized spacial score (nSPS) is 30.4. The van der Waals surface area contributed by atoms with Crippen LogP contribution in [0.2, 0.25) is 0 Å². The van der Waals surface area contributed by atoms with Crippen LogP contribution in [-0.2, 0) is 9.57 Å². The summed E-state index contributed by atoms with van der Waals surface area (Å²) in [5, 5.41) is 35.3. The fourth-order valence-electron chi connectivity index (χ4n) is 1.92. The predicted octanol–water partition coefficient (Wildman–Crippen LogP) is 0.974. The molecular formula is C11H17N4O5-. The first-order valence-corrected chi connectivity index (χ1v) is 6.07. The molecule has 9 nitrogen and oxygen atoms in total. The number of hydrogen-bond acceptors (Lipinski definition) is 8. The van der Waals surface area contributed by atoms with Crippen LogP contribution in [0, 0.1) is 10.4 Å². The number of benzene rings is 1. The zero-order valence-electron chi connectivity index (χ0n) is 11.2. The molecule has 2 rings (SSSR count). The molecule has 0 aliphatic carbocycles. The number of rotatable bonds is 4. The van der Waals surface area contributed by atoms with E-state index in [2.05, 4.69) is 0 Å². The Bertz CT molecular complexity index is 490. The molecule has 1 aliphatic rings. The minimum atomic E-state index is -2.39. The summed E-state index contributed by atoms with van der Waals surface area (Å²) in [6.45, 7) is 1.86. The molecule has 0 amide bonds. The smallest absolute Gasteiger partial charge is 0.325 e. The average Bonchev–Trinajstić information content (AvgIpc) is 2.49. The van der Waals surface area contributed by atoms with E-state index in [0.717, 1.165) is 7.11 Å². The van der Waals surface area contributed by atoms with E-state index in [0.29, 0.717) is 6.42 Å². The number of ether oxygens (including phenoxy) is 1. The topological polar surface area (TPSA) is 117 Å². The van der Waals surface area contributed by atoms with Gasteiger partial charge < -0.3 is 20.2 Å². The highest BCUT2D eigenvalue weighted by Gasteiger charge is 2.54. The second-order valence-electron chi connectivity index (χ2n) is 4.29. The van der Waals surface area contributed by atoms with Crippen molar-refractivity contribution in [2.24, 2.45) is 5.73 Å². The van der Waals surface area contributed by atoms with E-state index in [1.165, 1.54) is 12.1 Å². The van der Waals surface area contributed by atoms with Gasteiger partial charge in [-0.3, -0.25) is 10.9 Å². The van der Waals surface area contributed by atoms with Crippen molar-refractivity contribution in [3.05, 3.63) is 34.7 Å². The highest BCUT2D eigenvalue weighted by Crippen LogP contribution is 2.43. The molecule has 0 bridgehead atoms. The Morgan fingerprint density at radius 3 is 2.70 bits per heavy atom. The summed E-state index contributed by atoms with van der Waals surface area (Å²) in [6, 6.07) is 5.89. The molecule has 1 aromatic rings. The Hall–Kier alpha value is -1.30. The summed E-state index contributed by atoms with van der Waals surface area (Å²) >= 11 is 0. The number of quaternary nitrogens is 1. The number of nitrogens with two attached hydrogens (primary N) is 1. The Kier molecular flexibility index (Phi) is 3.95. The van der Waals surface area contributed by atoms with Crippen molar-refractivity contribution >= 4 is 11.4 Å². The van der Waals surface area contributed by atoms with Crippen molar-refractivity contribution in [3.8, 4) is 0 Å². The van der Waals surface area contributed by atoms with Gasteiger partial charge in [-0.2, -0.15) is 4.84 Å². The van der Waals surface area contributed by atoms with E-state index < -0.39 is 10.9 Å². The summed E-state index contributed by atoms with van der Waals surface area (Å²) in [7, 11) is 1.10. The highest BCUT2D eigenvalue weighted by atomic mass is 17.0. The monoisotopic (exact) mass is 285 g/mol. The number of para-hydroxylation sites is 1. The van der Waals surface area contributed by atoms with Gasteiger partial charge in [0.2, 0.25) is 5.69 Å². The fourth-order valence-corrected chi connectivity index (χ4v) is 1.92. The lowest BCUT2D eigenvalue weighted by molar-refractivity contribution is -0.432. The molecule has 0 spiro atoms. The lowest BCUT2D eigenvalue weighted by Crippen LogP contribution is -2.78. The van der Waals surface area contributed by atoms with Crippen LogP contribution in [0.5, 0.6) is 0 Å². The third-order valence-corrected chi connectivity index (χ3v) is 3.00. The van der Waals surface area contributed by atoms with Gasteiger partial charge in [0.05, 0.1) is 10.9 Å². The molecule has 3 N–H and O–H groups in total. The van der Waals surface area contributed by atoms with Crippen LogP contribution in [0.15, 0.2) is 24.3 Å². The first-order chi connectivity index (χ1) is 9.41. The zero-order valence-corrected chi connectivity index (χ0v) is 11.2. The SMILES string of the molecule is CCCO[N+]1([O-])c2ccccc2N([O-])C(N)(OC)N1O. The molecule has 0 saturated heterocycles. The van der Waals surface area contributed by atoms with Gasteiger partial charge in [-0.15, -0.1) is 0 Å². The summed E-state index contributed by atoms with van der Waals surface area (Å²) in [5.41, 5.74) is 5.56. The first kappa shape index (κ1) is 15.1. The van der Waals surface area contributed by atoms with Crippen LogP contribution in [0.25, 0.3) is 0 Å². The second-order valence-corrected chi connectivity index (χ2v) is 4.29. The minimum Gasteiger partial charge on any atom is -0.754 e.